The molecule has 0 N–H and O–H groups in total. The second-order valence-electron chi connectivity index (χ2n) is 4.76. The van der Waals surface area contributed by atoms with E-state index in [2.05, 4.69) is 4.99 Å². The van der Waals surface area contributed by atoms with E-state index >= 15 is 0 Å². The quantitative estimate of drug-likeness (QED) is 0.744. The Morgan fingerprint density at radius 3 is 2.68 bits per heavy atom. The lowest BCUT2D eigenvalue weighted by molar-refractivity contribution is 0.0994. The first-order valence-corrected chi connectivity index (χ1v) is 7.88. The monoisotopic (exact) mass is 312 g/mol. The molecule has 0 saturated heterocycles. The number of rotatable bonds is 3. The third kappa shape index (κ3) is 2.67. The molecule has 3 rings (SSSR count). The number of aryl methyl sites for hydroxylation is 1. The molecule has 0 bridgehead atoms. The number of carbonyl (C=O) groups excluding carboxylic acids is 1. The van der Waals surface area contributed by atoms with E-state index in [4.69, 9.17) is 4.74 Å². The Kier molecular flexibility index (Phi) is 4.06. The lowest BCUT2D eigenvalue weighted by Gasteiger charge is -2.06. The smallest absolute Gasteiger partial charge is 0.283 e. The van der Waals surface area contributed by atoms with E-state index in [9.17, 15) is 4.79 Å². The maximum atomic E-state index is 12.5. The van der Waals surface area contributed by atoms with Gasteiger partial charge in [-0.25, -0.2) is 0 Å². The molecule has 0 aliphatic heterocycles. The Morgan fingerprint density at radius 2 is 1.91 bits per heavy atom. The zero-order valence-electron chi connectivity index (χ0n) is 12.4. The number of amides is 1. The van der Waals surface area contributed by atoms with E-state index in [0.717, 1.165) is 10.2 Å². The zero-order valence-corrected chi connectivity index (χ0v) is 13.3. The van der Waals surface area contributed by atoms with E-state index in [1.807, 2.05) is 54.9 Å². The summed E-state index contributed by atoms with van der Waals surface area (Å²) in [5, 5.41) is 0. The summed E-state index contributed by atoms with van der Waals surface area (Å²) in [7, 11) is 1.92. The molecule has 0 saturated carbocycles. The molecule has 1 amide bonds. The molecule has 0 unspecified atom stereocenters. The van der Waals surface area contributed by atoms with Gasteiger partial charge in [0.25, 0.3) is 5.91 Å². The topological polar surface area (TPSA) is 43.6 Å². The fourth-order valence-electron chi connectivity index (χ4n) is 2.26. The predicted octanol–water partition coefficient (Wildman–Crippen LogP) is 3.38. The third-order valence-electron chi connectivity index (χ3n) is 3.33. The number of benzene rings is 2. The fourth-order valence-corrected chi connectivity index (χ4v) is 3.28. The molecule has 0 aliphatic rings. The van der Waals surface area contributed by atoms with Crippen LogP contribution in [0.25, 0.3) is 10.2 Å². The fraction of sp³-hybridized carbons (Fsp3) is 0.176. The minimum Gasteiger partial charge on any atom is -0.493 e. The molecule has 1 heterocycles. The standard InChI is InChI=1S/C17H16N2O2S/c1-3-21-14-10-6-4-8-12(14)16(20)18-17-19(2)13-9-5-7-11-15(13)22-17/h4-11H,3H2,1-2H3. The van der Waals surface area contributed by atoms with Gasteiger partial charge in [-0.05, 0) is 31.2 Å². The van der Waals surface area contributed by atoms with Crippen LogP contribution < -0.4 is 9.54 Å². The molecule has 1 aromatic heterocycles. The molecule has 0 atom stereocenters. The first-order valence-electron chi connectivity index (χ1n) is 7.06. The Balaban J connectivity index is 2.07. The summed E-state index contributed by atoms with van der Waals surface area (Å²) in [4.78, 5) is 17.4. The van der Waals surface area contributed by atoms with Crippen LogP contribution in [0.1, 0.15) is 17.3 Å². The van der Waals surface area contributed by atoms with Crippen molar-refractivity contribution >= 4 is 27.5 Å². The lowest BCUT2D eigenvalue weighted by atomic mass is 10.2. The van der Waals surface area contributed by atoms with Gasteiger partial charge in [0.1, 0.15) is 5.75 Å². The van der Waals surface area contributed by atoms with E-state index < -0.39 is 0 Å². The van der Waals surface area contributed by atoms with E-state index in [0.29, 0.717) is 22.7 Å². The highest BCUT2D eigenvalue weighted by molar-refractivity contribution is 7.16. The minimum absolute atomic E-state index is 0.286. The number of ether oxygens (including phenoxy) is 1. The zero-order chi connectivity index (χ0) is 15.5. The molecule has 2 aromatic carbocycles. The number of thiazole rings is 1. The molecule has 0 aliphatic carbocycles. The molecule has 0 spiro atoms. The molecule has 0 fully saturated rings. The number of nitrogens with zero attached hydrogens (tertiary/aromatic N) is 2. The van der Waals surface area contributed by atoms with Crippen LogP contribution in [0.4, 0.5) is 0 Å². The third-order valence-corrected chi connectivity index (χ3v) is 4.44. The number of fused-ring (bicyclic) bond motifs is 1. The van der Waals surface area contributed by atoms with E-state index in [-0.39, 0.29) is 5.91 Å². The molecule has 5 heteroatoms. The average molecular weight is 312 g/mol. The maximum Gasteiger partial charge on any atom is 0.283 e. The number of carbonyl (C=O) groups is 1. The molecule has 3 aromatic rings. The molecule has 0 radical (unpaired) electrons. The molecule has 4 nitrogen and oxygen atoms in total. The van der Waals surface area contributed by atoms with Crippen LogP contribution in [0.3, 0.4) is 0 Å². The van der Waals surface area contributed by atoms with Crippen molar-refractivity contribution < 1.29 is 9.53 Å². The highest BCUT2D eigenvalue weighted by Crippen LogP contribution is 2.19. The molecular formula is C17H16N2O2S. The Bertz CT molecular complexity index is 893. The van der Waals surface area contributed by atoms with Crippen molar-refractivity contribution in [2.24, 2.45) is 12.0 Å². The van der Waals surface area contributed by atoms with Crippen molar-refractivity contribution in [3.05, 3.63) is 58.9 Å². The maximum absolute atomic E-state index is 12.5. The summed E-state index contributed by atoms with van der Waals surface area (Å²) in [5.74, 6) is 0.286. The summed E-state index contributed by atoms with van der Waals surface area (Å²) < 4.78 is 8.54. The van der Waals surface area contributed by atoms with Crippen molar-refractivity contribution in [3.63, 3.8) is 0 Å². The lowest BCUT2D eigenvalue weighted by Crippen LogP contribution is -2.13. The molecule has 22 heavy (non-hydrogen) atoms. The molecular weight excluding hydrogens is 296 g/mol. The summed E-state index contributed by atoms with van der Waals surface area (Å²) in [5.41, 5.74) is 1.55. The van der Waals surface area contributed by atoms with Gasteiger partial charge in [-0.3, -0.25) is 4.79 Å². The highest BCUT2D eigenvalue weighted by Gasteiger charge is 2.12. The summed E-state index contributed by atoms with van der Waals surface area (Å²) in [6.45, 7) is 2.41. The average Bonchev–Trinajstić information content (AvgIpc) is 2.85. The van der Waals surface area contributed by atoms with Gasteiger partial charge in [-0.15, -0.1) is 0 Å². The van der Waals surface area contributed by atoms with Gasteiger partial charge in [0.15, 0.2) is 4.80 Å². The van der Waals surface area contributed by atoms with Gasteiger partial charge in [0, 0.05) is 7.05 Å². The van der Waals surface area contributed by atoms with Crippen molar-refractivity contribution in [1.82, 2.24) is 4.57 Å². The Morgan fingerprint density at radius 1 is 1.18 bits per heavy atom. The van der Waals surface area contributed by atoms with Crippen LogP contribution in [-0.4, -0.2) is 17.1 Å². The van der Waals surface area contributed by atoms with E-state index in [1.54, 1.807) is 12.1 Å². The van der Waals surface area contributed by atoms with Gasteiger partial charge >= 0.3 is 0 Å². The number of para-hydroxylation sites is 2. The minimum atomic E-state index is -0.286. The van der Waals surface area contributed by atoms with Crippen LogP contribution in [0.15, 0.2) is 53.5 Å². The SMILES string of the molecule is CCOc1ccccc1C(=O)N=c1sc2ccccc2n1C. The second-order valence-corrected chi connectivity index (χ2v) is 5.77. The van der Waals surface area contributed by atoms with Gasteiger partial charge in [0.2, 0.25) is 0 Å². The number of hydrogen-bond acceptors (Lipinski definition) is 3. The van der Waals surface area contributed by atoms with Crippen LogP contribution in [0.2, 0.25) is 0 Å². The Labute approximate surface area is 132 Å². The first-order chi connectivity index (χ1) is 10.7. The van der Waals surface area contributed by atoms with E-state index in [1.165, 1.54) is 11.3 Å². The van der Waals surface area contributed by atoms with Gasteiger partial charge in [-0.2, -0.15) is 4.99 Å². The van der Waals surface area contributed by atoms with Crippen molar-refractivity contribution in [2.45, 2.75) is 6.92 Å². The van der Waals surface area contributed by atoms with Crippen LogP contribution >= 0.6 is 11.3 Å². The second kappa shape index (κ2) is 6.15. The van der Waals surface area contributed by atoms with Crippen LogP contribution in [-0.2, 0) is 7.05 Å². The first kappa shape index (κ1) is 14.5. The van der Waals surface area contributed by atoms with Crippen molar-refractivity contribution in [1.29, 1.82) is 0 Å². The van der Waals surface area contributed by atoms with Gasteiger partial charge < -0.3 is 9.30 Å². The highest BCUT2D eigenvalue weighted by atomic mass is 32.1. The number of hydrogen-bond donors (Lipinski definition) is 0. The normalized spacial score (nSPS) is 11.8. The van der Waals surface area contributed by atoms with Gasteiger partial charge in [0.05, 0.1) is 22.4 Å². The number of aromatic nitrogens is 1. The predicted molar refractivity (Wildman–Crippen MR) is 88.3 cm³/mol. The summed E-state index contributed by atoms with van der Waals surface area (Å²) >= 11 is 1.50. The van der Waals surface area contributed by atoms with Gasteiger partial charge in [-0.1, -0.05) is 35.6 Å². The summed E-state index contributed by atoms with van der Waals surface area (Å²) in [6, 6.07) is 15.2. The van der Waals surface area contributed by atoms with Crippen molar-refractivity contribution in [3.8, 4) is 5.75 Å². The van der Waals surface area contributed by atoms with Crippen molar-refractivity contribution in [2.75, 3.05) is 6.61 Å². The molecule has 112 valence electrons. The largest absolute Gasteiger partial charge is 0.493 e. The van der Waals surface area contributed by atoms with Crippen LogP contribution in [0.5, 0.6) is 5.75 Å². The summed E-state index contributed by atoms with van der Waals surface area (Å²) in [6.07, 6.45) is 0. The Hall–Kier alpha value is -2.40. The van der Waals surface area contributed by atoms with Crippen LogP contribution in [0, 0.1) is 0 Å².